The summed E-state index contributed by atoms with van der Waals surface area (Å²) in [5, 5.41) is 13.9. The molecule has 1 aliphatic carbocycles. The monoisotopic (exact) mass is 716 g/mol. The fourth-order valence-electron chi connectivity index (χ4n) is 7.05. The summed E-state index contributed by atoms with van der Waals surface area (Å²) in [5.74, 6) is -0.287. The highest BCUT2D eigenvalue weighted by atomic mass is 16.5. The lowest BCUT2D eigenvalue weighted by Gasteiger charge is -2.43. The minimum atomic E-state index is -1.16. The summed E-state index contributed by atoms with van der Waals surface area (Å²) in [5.41, 5.74) is -1.48. The van der Waals surface area contributed by atoms with Crippen LogP contribution in [0.1, 0.15) is 120 Å². The van der Waals surface area contributed by atoms with Crippen molar-refractivity contribution in [2.24, 2.45) is 22.2 Å². The van der Waals surface area contributed by atoms with Gasteiger partial charge in [-0.2, -0.15) is 0 Å². The number of amides is 6. The lowest BCUT2D eigenvalue weighted by molar-refractivity contribution is -0.146. The van der Waals surface area contributed by atoms with Gasteiger partial charge in [0.05, 0.1) is 12.1 Å². The Morgan fingerprint density at radius 3 is 2.14 bits per heavy atom. The third-order valence-electron chi connectivity index (χ3n) is 10.3. The molecule has 288 valence electrons. The highest BCUT2D eigenvalue weighted by molar-refractivity contribution is 6.38. The number of ketones is 1. The summed E-state index contributed by atoms with van der Waals surface area (Å²) in [6, 6.07) is -4.22. The van der Waals surface area contributed by atoms with E-state index in [1.54, 1.807) is 11.8 Å². The molecule has 13 nitrogen and oxygen atoms in total. The Balaban J connectivity index is 2.46. The lowest BCUT2D eigenvalue weighted by Crippen LogP contribution is -2.63. The van der Waals surface area contributed by atoms with Gasteiger partial charge in [-0.05, 0) is 61.2 Å². The van der Waals surface area contributed by atoms with E-state index in [2.05, 4.69) is 32.5 Å². The lowest BCUT2D eigenvalue weighted by atomic mass is 9.70. The Bertz CT molecular complexity index is 1270. The number of urea groups is 1. The number of alkyl carbamates (subject to hydrolysis) is 1. The van der Waals surface area contributed by atoms with Crippen LogP contribution < -0.4 is 26.6 Å². The number of carbonyl (C=O) groups excluding carboxylic acids is 6. The largest absolute Gasteiger partial charge is 0.447 e. The van der Waals surface area contributed by atoms with E-state index in [9.17, 15) is 28.8 Å². The average molecular weight is 717 g/mol. The Morgan fingerprint density at radius 1 is 0.941 bits per heavy atom. The van der Waals surface area contributed by atoms with Gasteiger partial charge in [0.15, 0.2) is 0 Å². The first-order chi connectivity index (χ1) is 23.8. The van der Waals surface area contributed by atoms with Gasteiger partial charge < -0.3 is 36.2 Å². The van der Waals surface area contributed by atoms with Gasteiger partial charge in [0, 0.05) is 26.1 Å². The molecule has 2 aliphatic rings. The van der Waals surface area contributed by atoms with Crippen molar-refractivity contribution in [1.29, 1.82) is 0 Å². The van der Waals surface area contributed by atoms with Crippen LogP contribution in [0.4, 0.5) is 9.59 Å². The zero-order valence-corrected chi connectivity index (χ0v) is 32.5. The van der Waals surface area contributed by atoms with Gasteiger partial charge >= 0.3 is 12.1 Å². The normalized spacial score (nSPS) is 20.5. The van der Waals surface area contributed by atoms with Crippen molar-refractivity contribution in [2.45, 2.75) is 144 Å². The van der Waals surface area contributed by atoms with Crippen LogP contribution in [0.25, 0.3) is 0 Å². The van der Waals surface area contributed by atoms with E-state index in [0.717, 1.165) is 19.3 Å². The van der Waals surface area contributed by atoms with E-state index in [1.165, 1.54) is 0 Å². The van der Waals surface area contributed by atoms with Gasteiger partial charge in [0.25, 0.3) is 5.91 Å². The minimum Gasteiger partial charge on any atom is -0.447 e. The number of nitrogens with one attached hydrogen (secondary N) is 5. The highest BCUT2D eigenvalue weighted by Gasteiger charge is 2.51. The number of rotatable bonds is 15. The van der Waals surface area contributed by atoms with Crippen LogP contribution in [-0.2, 0) is 23.9 Å². The average Bonchev–Trinajstić information content (AvgIpc) is 3.52. The van der Waals surface area contributed by atoms with Crippen LogP contribution in [0, 0.1) is 34.5 Å². The SMILES string of the molecule is C#CCCC(NC(=O)C1C(C(C)(C)C)CCN1C(=O)C(NC(=O)NC(COC(=O)NCC)C(C)(C)C)C1(C)CCCCC1)C(=O)C(=O)NCCC. The van der Waals surface area contributed by atoms with E-state index in [0.29, 0.717) is 38.8 Å². The second kappa shape index (κ2) is 19.1. The number of hydrogen-bond donors (Lipinski definition) is 5. The maximum atomic E-state index is 14.8. The topological polar surface area (TPSA) is 175 Å². The first-order valence-corrected chi connectivity index (χ1v) is 18.6. The molecule has 1 aliphatic heterocycles. The molecule has 0 aromatic carbocycles. The molecule has 1 saturated carbocycles. The predicted octanol–water partition coefficient (Wildman–Crippen LogP) is 4.04. The maximum Gasteiger partial charge on any atom is 0.407 e. The van der Waals surface area contributed by atoms with Gasteiger partial charge in [-0.15, -0.1) is 12.3 Å². The van der Waals surface area contributed by atoms with Crippen molar-refractivity contribution in [1.82, 2.24) is 31.5 Å². The van der Waals surface area contributed by atoms with Crippen LogP contribution in [0.2, 0.25) is 0 Å². The fraction of sp³-hybridized carbons (Fsp3) is 0.789. The number of hydrogen-bond acceptors (Lipinski definition) is 7. The summed E-state index contributed by atoms with van der Waals surface area (Å²) >= 11 is 0. The van der Waals surface area contributed by atoms with Crippen LogP contribution in [0.3, 0.4) is 0 Å². The van der Waals surface area contributed by atoms with Crippen molar-refractivity contribution in [2.75, 3.05) is 26.2 Å². The Hall–Kier alpha value is -3.82. The fourth-order valence-corrected chi connectivity index (χ4v) is 7.05. The number of Topliss-reactive ketones (excluding diaryl/α,β-unsaturated/α-hetero) is 1. The molecule has 13 heteroatoms. The van der Waals surface area contributed by atoms with Gasteiger partial charge in [-0.3, -0.25) is 19.2 Å². The third-order valence-corrected chi connectivity index (χ3v) is 10.3. The zero-order chi connectivity index (χ0) is 38.6. The van der Waals surface area contributed by atoms with E-state index < -0.39 is 70.1 Å². The molecule has 0 aromatic rings. The summed E-state index contributed by atoms with van der Waals surface area (Å²) in [6.45, 7) is 18.3. The van der Waals surface area contributed by atoms with E-state index in [1.807, 2.05) is 55.4 Å². The molecule has 1 saturated heterocycles. The summed E-state index contributed by atoms with van der Waals surface area (Å²) in [7, 11) is 0. The summed E-state index contributed by atoms with van der Waals surface area (Å²) < 4.78 is 5.36. The molecule has 51 heavy (non-hydrogen) atoms. The van der Waals surface area contributed by atoms with Crippen molar-refractivity contribution < 1.29 is 33.5 Å². The Labute approximate surface area is 305 Å². The van der Waals surface area contributed by atoms with Crippen LogP contribution in [-0.4, -0.2) is 90.9 Å². The minimum absolute atomic E-state index is 0.0721. The van der Waals surface area contributed by atoms with Gasteiger partial charge in [0.1, 0.15) is 18.7 Å². The van der Waals surface area contributed by atoms with Crippen molar-refractivity contribution >= 4 is 35.6 Å². The van der Waals surface area contributed by atoms with E-state index in [4.69, 9.17) is 11.2 Å². The molecular weight excluding hydrogens is 652 g/mol. The standard InChI is InChI=1S/C38H64N6O7/c1-11-14-18-26(29(45)32(47)40-22-12-2)41-31(46)28-25(36(4,5)6)19-23-44(28)33(48)30(38(10)20-16-15-17-21-38)43-34(49)42-27(37(7,8)9)24-51-35(50)39-13-3/h1,25-28,30H,12-24H2,2-10H3,(H,39,50)(H,40,47)(H,41,46)(H2,42,43,49). The quantitative estimate of drug-likeness (QED) is 0.126. The first-order valence-electron chi connectivity index (χ1n) is 18.6. The number of ether oxygens (including phenoxy) is 1. The first kappa shape index (κ1) is 43.3. The third kappa shape index (κ3) is 12.4. The van der Waals surface area contributed by atoms with Crippen LogP contribution >= 0.6 is 0 Å². The molecular formula is C38H64N6O7. The number of likely N-dealkylation sites (tertiary alicyclic amines) is 1. The molecule has 0 spiro atoms. The predicted molar refractivity (Wildman–Crippen MR) is 196 cm³/mol. The van der Waals surface area contributed by atoms with Crippen LogP contribution in [0.15, 0.2) is 0 Å². The van der Waals surface area contributed by atoms with Crippen LogP contribution in [0.5, 0.6) is 0 Å². The number of nitrogens with zero attached hydrogens (tertiary/aromatic N) is 1. The molecule has 2 fully saturated rings. The molecule has 5 unspecified atom stereocenters. The van der Waals surface area contributed by atoms with Crippen molar-refractivity contribution in [3.05, 3.63) is 0 Å². The van der Waals surface area contributed by atoms with Crippen molar-refractivity contribution in [3.8, 4) is 12.3 Å². The highest BCUT2D eigenvalue weighted by Crippen LogP contribution is 2.43. The Morgan fingerprint density at radius 2 is 1.59 bits per heavy atom. The molecule has 0 bridgehead atoms. The maximum absolute atomic E-state index is 14.8. The summed E-state index contributed by atoms with van der Waals surface area (Å²) in [6.07, 6.45) is 10.5. The van der Waals surface area contributed by atoms with Gasteiger partial charge in [0.2, 0.25) is 17.6 Å². The molecule has 0 radical (unpaired) electrons. The molecule has 1 heterocycles. The molecule has 6 amide bonds. The smallest absolute Gasteiger partial charge is 0.407 e. The number of carbonyl (C=O) groups is 6. The van der Waals surface area contributed by atoms with Crippen molar-refractivity contribution in [3.63, 3.8) is 0 Å². The van der Waals surface area contributed by atoms with Gasteiger partial charge in [-0.25, -0.2) is 9.59 Å². The zero-order valence-electron chi connectivity index (χ0n) is 32.5. The second-order valence-corrected chi connectivity index (χ2v) is 16.5. The summed E-state index contributed by atoms with van der Waals surface area (Å²) in [4.78, 5) is 82.3. The molecule has 5 N–H and O–H groups in total. The molecule has 5 atom stereocenters. The van der Waals surface area contributed by atoms with E-state index >= 15 is 0 Å². The second-order valence-electron chi connectivity index (χ2n) is 16.5. The molecule has 2 rings (SSSR count). The van der Waals surface area contributed by atoms with Gasteiger partial charge in [-0.1, -0.05) is 74.7 Å². The number of terminal acetylenes is 1. The Kier molecular flexibility index (Phi) is 16.3. The van der Waals surface area contributed by atoms with E-state index in [-0.39, 0.29) is 37.8 Å². The molecule has 0 aromatic heterocycles.